The lowest BCUT2D eigenvalue weighted by Crippen LogP contribution is -2.01. The van der Waals surface area contributed by atoms with Gasteiger partial charge < -0.3 is 9.84 Å². The highest BCUT2D eigenvalue weighted by Gasteiger charge is 2.19. The van der Waals surface area contributed by atoms with E-state index in [0.29, 0.717) is 5.69 Å². The van der Waals surface area contributed by atoms with Crippen LogP contribution in [0.3, 0.4) is 0 Å². The van der Waals surface area contributed by atoms with Crippen LogP contribution in [0.1, 0.15) is 16.1 Å². The summed E-state index contributed by atoms with van der Waals surface area (Å²) in [6.45, 7) is 1.70. The average Bonchev–Trinajstić information content (AvgIpc) is 2.38. The summed E-state index contributed by atoms with van der Waals surface area (Å²) in [5.74, 6) is -1.43. The van der Waals surface area contributed by atoms with Crippen molar-refractivity contribution in [2.45, 2.75) is 6.92 Å². The minimum absolute atomic E-state index is 0.0874. The van der Waals surface area contributed by atoms with E-state index in [-0.39, 0.29) is 23.0 Å². The molecule has 0 radical (unpaired) electrons. The number of nitrogens with zero attached hydrogens (tertiary/aromatic N) is 3. The predicted molar refractivity (Wildman–Crippen MR) is 66.9 cm³/mol. The lowest BCUT2D eigenvalue weighted by Gasteiger charge is -2.05. The van der Waals surface area contributed by atoms with Gasteiger partial charge in [0.05, 0.1) is 10.5 Å². The van der Waals surface area contributed by atoms with Gasteiger partial charge >= 0.3 is 17.7 Å². The van der Waals surface area contributed by atoms with Gasteiger partial charge in [0.2, 0.25) is 5.75 Å². The molecule has 20 heavy (non-hydrogen) atoms. The fourth-order valence-corrected chi connectivity index (χ4v) is 1.45. The smallest absolute Gasteiger partial charge is 0.335 e. The molecule has 102 valence electrons. The highest BCUT2D eigenvalue weighted by atomic mass is 16.6. The predicted octanol–water partition coefficient (Wildman–Crippen LogP) is 2.18. The van der Waals surface area contributed by atoms with Gasteiger partial charge in [-0.2, -0.15) is 0 Å². The van der Waals surface area contributed by atoms with Crippen LogP contribution < -0.4 is 4.74 Å². The molecule has 0 aliphatic rings. The van der Waals surface area contributed by atoms with E-state index in [2.05, 4.69) is 9.97 Å². The van der Waals surface area contributed by atoms with Crippen LogP contribution in [0, 0.1) is 17.0 Å². The Bertz CT molecular complexity index is 687. The topological polar surface area (TPSA) is 115 Å². The zero-order valence-corrected chi connectivity index (χ0v) is 10.3. The fraction of sp³-hybridized carbons (Fsp3) is 0.0833. The molecule has 8 nitrogen and oxygen atoms in total. The van der Waals surface area contributed by atoms with Crippen molar-refractivity contribution in [3.8, 4) is 11.8 Å². The van der Waals surface area contributed by atoms with E-state index in [1.54, 1.807) is 13.0 Å². The van der Waals surface area contributed by atoms with Crippen molar-refractivity contribution in [3.63, 3.8) is 0 Å². The highest BCUT2D eigenvalue weighted by Crippen LogP contribution is 2.30. The van der Waals surface area contributed by atoms with Crippen molar-refractivity contribution >= 4 is 11.7 Å². The summed E-state index contributed by atoms with van der Waals surface area (Å²) in [6, 6.07) is 4.80. The van der Waals surface area contributed by atoms with E-state index in [4.69, 9.17) is 9.84 Å². The SMILES string of the molecule is Cc1ccnc(Oc2cc(C(=O)O)ccc2[N+](=O)[O-])n1. The molecule has 0 amide bonds. The Morgan fingerprint density at radius 3 is 2.75 bits per heavy atom. The van der Waals surface area contributed by atoms with Gasteiger partial charge in [-0.3, -0.25) is 10.1 Å². The van der Waals surface area contributed by atoms with E-state index in [1.807, 2.05) is 0 Å². The third kappa shape index (κ3) is 2.86. The zero-order chi connectivity index (χ0) is 14.7. The number of carbonyl (C=O) groups is 1. The lowest BCUT2D eigenvalue weighted by atomic mass is 10.2. The molecule has 1 aromatic heterocycles. The van der Waals surface area contributed by atoms with Crippen LogP contribution in [0.4, 0.5) is 5.69 Å². The first-order chi connectivity index (χ1) is 9.47. The monoisotopic (exact) mass is 275 g/mol. The standard InChI is InChI=1S/C12H9N3O5/c1-7-4-5-13-12(14-7)20-10-6-8(11(16)17)2-3-9(10)15(18)19/h2-6H,1H3,(H,16,17). The number of nitro benzene ring substituents is 1. The van der Waals surface area contributed by atoms with Crippen molar-refractivity contribution in [1.29, 1.82) is 0 Å². The Balaban J connectivity index is 2.44. The Kier molecular flexibility index (Phi) is 3.56. The molecule has 2 aromatic rings. The van der Waals surface area contributed by atoms with Gasteiger partial charge in [0.25, 0.3) is 0 Å². The van der Waals surface area contributed by atoms with Crippen molar-refractivity contribution in [2.75, 3.05) is 0 Å². The van der Waals surface area contributed by atoms with E-state index in [1.165, 1.54) is 6.20 Å². The van der Waals surface area contributed by atoms with E-state index < -0.39 is 10.9 Å². The second-order valence-electron chi connectivity index (χ2n) is 3.83. The number of benzene rings is 1. The van der Waals surface area contributed by atoms with Crippen molar-refractivity contribution in [1.82, 2.24) is 9.97 Å². The Labute approximate surface area is 112 Å². The molecule has 0 saturated heterocycles. The maximum Gasteiger partial charge on any atom is 0.335 e. The summed E-state index contributed by atoms with van der Waals surface area (Å²) in [7, 11) is 0. The van der Waals surface area contributed by atoms with Crippen LogP contribution in [0.15, 0.2) is 30.5 Å². The van der Waals surface area contributed by atoms with Crippen molar-refractivity contribution in [3.05, 3.63) is 51.8 Å². The van der Waals surface area contributed by atoms with Gasteiger partial charge in [0.1, 0.15) is 0 Å². The number of aromatic nitrogens is 2. The van der Waals surface area contributed by atoms with Gasteiger partial charge in [-0.15, -0.1) is 0 Å². The molecule has 1 N–H and O–H groups in total. The fourth-order valence-electron chi connectivity index (χ4n) is 1.45. The maximum atomic E-state index is 10.9. The van der Waals surface area contributed by atoms with E-state index in [0.717, 1.165) is 18.2 Å². The molecule has 8 heteroatoms. The first kappa shape index (κ1) is 13.4. The molecular formula is C12H9N3O5. The lowest BCUT2D eigenvalue weighted by molar-refractivity contribution is -0.385. The molecule has 0 fully saturated rings. The normalized spacial score (nSPS) is 10.1. The third-order valence-electron chi connectivity index (χ3n) is 2.38. The molecular weight excluding hydrogens is 266 g/mol. The number of hydrogen-bond donors (Lipinski definition) is 1. The number of carboxylic acid groups (broad SMARTS) is 1. The van der Waals surface area contributed by atoms with Crippen LogP contribution in [0.5, 0.6) is 11.8 Å². The van der Waals surface area contributed by atoms with Gasteiger partial charge in [-0.05, 0) is 19.1 Å². The van der Waals surface area contributed by atoms with Gasteiger partial charge in [-0.25, -0.2) is 14.8 Å². The van der Waals surface area contributed by atoms with Crippen molar-refractivity contribution < 1.29 is 19.6 Å². The van der Waals surface area contributed by atoms with Crippen LogP contribution in [0.25, 0.3) is 0 Å². The largest absolute Gasteiger partial charge is 0.478 e. The molecule has 0 saturated carbocycles. The number of hydrogen-bond acceptors (Lipinski definition) is 6. The number of nitro groups is 1. The van der Waals surface area contributed by atoms with Crippen molar-refractivity contribution in [2.24, 2.45) is 0 Å². The van der Waals surface area contributed by atoms with Gasteiger partial charge in [0, 0.05) is 24.0 Å². The summed E-state index contributed by atoms with van der Waals surface area (Å²) < 4.78 is 5.22. The molecule has 1 aromatic carbocycles. The summed E-state index contributed by atoms with van der Waals surface area (Å²) in [6.07, 6.45) is 1.44. The molecule has 0 unspecified atom stereocenters. The van der Waals surface area contributed by atoms with Gasteiger partial charge in [0.15, 0.2) is 0 Å². The first-order valence-corrected chi connectivity index (χ1v) is 5.46. The number of aryl methyl sites for hydroxylation is 1. The molecule has 0 aliphatic heterocycles. The molecule has 1 heterocycles. The molecule has 0 bridgehead atoms. The summed E-state index contributed by atoms with van der Waals surface area (Å²) in [4.78, 5) is 28.9. The second kappa shape index (κ2) is 5.31. The minimum atomic E-state index is -1.21. The second-order valence-corrected chi connectivity index (χ2v) is 3.83. The summed E-state index contributed by atoms with van der Waals surface area (Å²) in [5.41, 5.74) is 0.130. The van der Waals surface area contributed by atoms with Gasteiger partial charge in [-0.1, -0.05) is 0 Å². The van der Waals surface area contributed by atoms with Crippen LogP contribution >= 0.6 is 0 Å². The van der Waals surface area contributed by atoms with Crippen LogP contribution in [-0.2, 0) is 0 Å². The number of carboxylic acids is 1. The van der Waals surface area contributed by atoms with E-state index in [9.17, 15) is 14.9 Å². The third-order valence-corrected chi connectivity index (χ3v) is 2.38. The molecule has 0 spiro atoms. The summed E-state index contributed by atoms with van der Waals surface area (Å²) in [5, 5.41) is 19.8. The number of ether oxygens (including phenoxy) is 1. The number of aromatic carboxylic acids is 1. The Hall–Kier alpha value is -3.03. The molecule has 2 rings (SSSR count). The van der Waals surface area contributed by atoms with Crippen LogP contribution in [-0.4, -0.2) is 26.0 Å². The maximum absolute atomic E-state index is 10.9. The number of rotatable bonds is 4. The zero-order valence-electron chi connectivity index (χ0n) is 10.3. The highest BCUT2D eigenvalue weighted by molar-refractivity contribution is 5.88. The molecule has 0 atom stereocenters. The molecule has 0 aliphatic carbocycles. The Morgan fingerprint density at radius 2 is 2.15 bits per heavy atom. The first-order valence-electron chi connectivity index (χ1n) is 5.46. The van der Waals surface area contributed by atoms with E-state index >= 15 is 0 Å². The Morgan fingerprint density at radius 1 is 1.40 bits per heavy atom. The van der Waals surface area contributed by atoms with Crippen LogP contribution in [0.2, 0.25) is 0 Å². The quantitative estimate of drug-likeness (QED) is 0.671. The minimum Gasteiger partial charge on any atom is -0.478 e. The average molecular weight is 275 g/mol. The summed E-state index contributed by atoms with van der Waals surface area (Å²) >= 11 is 0.